The highest BCUT2D eigenvalue weighted by atomic mass is 32.1. The Morgan fingerprint density at radius 1 is 1.06 bits per heavy atom. The maximum absolute atomic E-state index is 13.7. The zero-order valence-corrected chi connectivity index (χ0v) is 19.5. The number of hydrogen-bond acceptors (Lipinski definition) is 5. The molecule has 6 nitrogen and oxygen atoms in total. The fraction of sp³-hybridized carbons (Fsp3) is 0.308. The molecule has 172 valence electrons. The zero-order chi connectivity index (χ0) is 23.2. The van der Waals surface area contributed by atoms with Crippen molar-refractivity contribution in [3.05, 3.63) is 99.8 Å². The summed E-state index contributed by atoms with van der Waals surface area (Å²) in [7, 11) is 1.47. The first-order chi connectivity index (χ1) is 16.1. The van der Waals surface area contributed by atoms with Crippen LogP contribution in [0.4, 0.5) is 0 Å². The minimum absolute atomic E-state index is 0.0338. The van der Waals surface area contributed by atoms with E-state index in [0.29, 0.717) is 19.0 Å². The quantitative estimate of drug-likeness (QED) is 0.448. The van der Waals surface area contributed by atoms with Crippen molar-refractivity contribution in [2.24, 2.45) is 0 Å². The molecule has 0 spiro atoms. The number of pyridine rings is 1. The minimum Gasteiger partial charge on any atom is -0.482 e. The van der Waals surface area contributed by atoms with Gasteiger partial charge in [0.2, 0.25) is 0 Å². The maximum atomic E-state index is 13.7. The van der Waals surface area contributed by atoms with Crippen molar-refractivity contribution in [3.8, 4) is 5.88 Å². The predicted molar refractivity (Wildman–Crippen MR) is 133 cm³/mol. The molecule has 33 heavy (non-hydrogen) atoms. The van der Waals surface area contributed by atoms with E-state index in [1.165, 1.54) is 13.2 Å². The van der Waals surface area contributed by atoms with Crippen LogP contribution in [-0.4, -0.2) is 53.8 Å². The number of amides is 1. The lowest BCUT2D eigenvalue weighted by Gasteiger charge is -2.31. The van der Waals surface area contributed by atoms with Crippen molar-refractivity contribution in [2.45, 2.75) is 23.6 Å². The molecule has 1 saturated heterocycles. The van der Waals surface area contributed by atoms with Gasteiger partial charge in [0.1, 0.15) is 5.56 Å². The number of H-pyrrole nitrogens is 1. The summed E-state index contributed by atoms with van der Waals surface area (Å²) in [6, 6.07) is 23.5. The Hall–Kier alpha value is -3.03. The number of nitrogens with zero attached hydrogens (tertiary/aromatic N) is 1. The van der Waals surface area contributed by atoms with Crippen LogP contribution in [0.2, 0.25) is 0 Å². The lowest BCUT2D eigenvalue weighted by Crippen LogP contribution is -2.46. The summed E-state index contributed by atoms with van der Waals surface area (Å²) < 4.78 is 5.09. The zero-order valence-electron chi connectivity index (χ0n) is 18.6. The number of thiol groups is 1. The third kappa shape index (κ3) is 5.49. The van der Waals surface area contributed by atoms with E-state index in [1.807, 2.05) is 36.4 Å². The Bertz CT molecular complexity index is 1080. The molecule has 2 heterocycles. The van der Waals surface area contributed by atoms with Gasteiger partial charge in [-0.2, -0.15) is 12.6 Å². The average Bonchev–Trinajstić information content (AvgIpc) is 3.26. The van der Waals surface area contributed by atoms with Crippen LogP contribution in [0, 0.1) is 0 Å². The van der Waals surface area contributed by atoms with Gasteiger partial charge >= 0.3 is 0 Å². The Labute approximate surface area is 199 Å². The molecule has 2 atom stereocenters. The van der Waals surface area contributed by atoms with Crippen LogP contribution in [0.5, 0.6) is 5.88 Å². The van der Waals surface area contributed by atoms with Gasteiger partial charge in [0.15, 0.2) is 5.88 Å². The van der Waals surface area contributed by atoms with Gasteiger partial charge in [0.25, 0.3) is 11.5 Å². The van der Waals surface area contributed by atoms with Crippen molar-refractivity contribution in [1.29, 1.82) is 0 Å². The Morgan fingerprint density at radius 2 is 1.70 bits per heavy atom. The standard InChI is InChI=1S/C26H29N3O3S/c1-32-24-13-12-20(25(30)28-24)26(31)29(17-22-23(33)14-15-27-22)16-21(18-8-4-2-5-9-18)19-10-6-3-7-11-19/h2-13,21-23,27,33H,14-17H2,1H3,(H,28,30)/t22-,23-/m1/s1. The first kappa shape index (κ1) is 23.1. The van der Waals surface area contributed by atoms with Crippen molar-refractivity contribution < 1.29 is 9.53 Å². The summed E-state index contributed by atoms with van der Waals surface area (Å²) in [5, 5.41) is 3.61. The highest BCUT2D eigenvalue weighted by Gasteiger charge is 2.31. The van der Waals surface area contributed by atoms with E-state index in [0.717, 1.165) is 24.1 Å². The van der Waals surface area contributed by atoms with Crippen LogP contribution in [0.3, 0.4) is 0 Å². The van der Waals surface area contributed by atoms with Gasteiger partial charge in [-0.25, -0.2) is 0 Å². The van der Waals surface area contributed by atoms with Crippen LogP contribution >= 0.6 is 12.6 Å². The number of ether oxygens (including phenoxy) is 1. The van der Waals surface area contributed by atoms with Crippen LogP contribution in [-0.2, 0) is 0 Å². The van der Waals surface area contributed by atoms with E-state index in [4.69, 9.17) is 17.4 Å². The summed E-state index contributed by atoms with van der Waals surface area (Å²) in [5.41, 5.74) is 1.88. The topological polar surface area (TPSA) is 74.4 Å². The largest absolute Gasteiger partial charge is 0.482 e. The lowest BCUT2D eigenvalue weighted by atomic mass is 9.90. The van der Waals surface area contributed by atoms with E-state index in [9.17, 15) is 9.59 Å². The first-order valence-corrected chi connectivity index (χ1v) is 11.7. The van der Waals surface area contributed by atoms with Gasteiger partial charge in [-0.1, -0.05) is 60.7 Å². The lowest BCUT2D eigenvalue weighted by molar-refractivity contribution is 0.0735. The highest BCUT2D eigenvalue weighted by molar-refractivity contribution is 7.81. The van der Waals surface area contributed by atoms with Gasteiger partial charge in [-0.05, 0) is 36.2 Å². The van der Waals surface area contributed by atoms with E-state index in [2.05, 4.69) is 34.6 Å². The van der Waals surface area contributed by atoms with E-state index >= 15 is 0 Å². The van der Waals surface area contributed by atoms with E-state index < -0.39 is 5.56 Å². The summed E-state index contributed by atoms with van der Waals surface area (Å²) in [5.74, 6) is -0.0131. The monoisotopic (exact) mass is 463 g/mol. The molecule has 1 aliphatic heterocycles. The summed E-state index contributed by atoms with van der Waals surface area (Å²) in [4.78, 5) is 30.7. The number of aromatic amines is 1. The van der Waals surface area contributed by atoms with Crippen LogP contribution in [0.1, 0.15) is 33.8 Å². The molecule has 0 bridgehead atoms. The highest BCUT2D eigenvalue weighted by Crippen LogP contribution is 2.27. The van der Waals surface area contributed by atoms with Crippen LogP contribution < -0.4 is 15.6 Å². The van der Waals surface area contributed by atoms with E-state index in [1.54, 1.807) is 11.0 Å². The van der Waals surface area contributed by atoms with Gasteiger partial charge < -0.3 is 15.0 Å². The molecule has 2 N–H and O–H groups in total. The van der Waals surface area contributed by atoms with Gasteiger partial charge in [0, 0.05) is 30.3 Å². The SMILES string of the molecule is COc1ccc(C(=O)N(CC(c2ccccc2)c2ccccc2)C[C@H]2NCC[C@H]2S)c(=O)[nH]1. The predicted octanol–water partition coefficient (Wildman–Crippen LogP) is 3.32. The Balaban J connectivity index is 1.70. The summed E-state index contributed by atoms with van der Waals surface area (Å²) in [6.45, 7) is 1.77. The second kappa shape index (κ2) is 10.7. The maximum Gasteiger partial charge on any atom is 0.263 e. The Morgan fingerprint density at radius 3 is 2.21 bits per heavy atom. The number of rotatable bonds is 8. The molecule has 3 aromatic rings. The van der Waals surface area contributed by atoms with E-state index in [-0.39, 0.29) is 28.7 Å². The number of benzene rings is 2. The molecule has 0 saturated carbocycles. The van der Waals surface area contributed by atoms with Crippen LogP contribution in [0.15, 0.2) is 77.6 Å². The van der Waals surface area contributed by atoms with Crippen molar-refractivity contribution in [2.75, 3.05) is 26.7 Å². The summed E-state index contributed by atoms with van der Waals surface area (Å²) >= 11 is 4.71. The minimum atomic E-state index is -0.456. The molecular weight excluding hydrogens is 434 g/mol. The molecule has 0 radical (unpaired) electrons. The molecule has 2 aromatic carbocycles. The molecule has 4 rings (SSSR count). The third-order valence-corrected chi connectivity index (χ3v) is 6.77. The fourth-order valence-electron chi connectivity index (χ4n) is 4.33. The number of nitrogens with one attached hydrogen (secondary N) is 2. The normalized spacial score (nSPS) is 17.8. The molecule has 1 amide bonds. The molecular formula is C26H29N3O3S. The first-order valence-electron chi connectivity index (χ1n) is 11.1. The smallest absolute Gasteiger partial charge is 0.263 e. The van der Waals surface area contributed by atoms with Crippen molar-refractivity contribution >= 4 is 18.5 Å². The second-order valence-electron chi connectivity index (χ2n) is 8.27. The molecule has 0 aliphatic carbocycles. The molecule has 7 heteroatoms. The Kier molecular flexibility index (Phi) is 7.52. The average molecular weight is 464 g/mol. The van der Waals surface area contributed by atoms with Gasteiger partial charge in [-0.15, -0.1) is 0 Å². The van der Waals surface area contributed by atoms with Gasteiger partial charge in [0.05, 0.1) is 7.11 Å². The number of hydrogen-bond donors (Lipinski definition) is 3. The molecule has 0 unspecified atom stereocenters. The molecule has 1 aromatic heterocycles. The fourth-order valence-corrected chi connectivity index (χ4v) is 4.65. The molecule has 1 fully saturated rings. The van der Waals surface area contributed by atoms with Crippen molar-refractivity contribution in [3.63, 3.8) is 0 Å². The number of methoxy groups -OCH3 is 1. The number of carbonyl (C=O) groups is 1. The van der Waals surface area contributed by atoms with Gasteiger partial charge in [-0.3, -0.25) is 14.6 Å². The third-order valence-electron chi connectivity index (χ3n) is 6.16. The van der Waals surface area contributed by atoms with Crippen molar-refractivity contribution in [1.82, 2.24) is 15.2 Å². The number of carbonyl (C=O) groups excluding carboxylic acids is 1. The summed E-state index contributed by atoms with van der Waals surface area (Å²) in [6.07, 6.45) is 0.944. The van der Waals surface area contributed by atoms with Crippen LogP contribution in [0.25, 0.3) is 0 Å². The second-order valence-corrected chi connectivity index (χ2v) is 8.93. The molecule has 1 aliphatic rings. The number of aromatic nitrogens is 1.